The van der Waals surface area contributed by atoms with Crippen molar-refractivity contribution in [1.29, 1.82) is 0 Å². The van der Waals surface area contributed by atoms with Gasteiger partial charge < -0.3 is 14.8 Å². The standard InChI is InChI=1S/C23H26ClN7O/c1-15(2)18-12-29(3)22(32)31(18)20-8-11-25-21(27-20)28-23(9-10-23)19-13-30(14-26-19)17-7-5-4-6-16(17)24/h4-8,11,13-15,18H,9-10,12H2,1-3H3,(H,25,27,28)/t18-/m1/s1. The third kappa shape index (κ3) is 3.58. The van der Waals surface area contributed by atoms with Gasteiger partial charge in [0, 0.05) is 26.0 Å². The highest BCUT2D eigenvalue weighted by Crippen LogP contribution is 2.47. The molecule has 1 aliphatic carbocycles. The summed E-state index contributed by atoms with van der Waals surface area (Å²) in [5.41, 5.74) is 1.50. The number of likely N-dealkylation sites (N-methyl/N-ethyl adjacent to an activating group) is 1. The summed E-state index contributed by atoms with van der Waals surface area (Å²) >= 11 is 6.34. The van der Waals surface area contributed by atoms with Gasteiger partial charge in [-0.2, -0.15) is 4.98 Å². The second kappa shape index (κ2) is 7.78. The Morgan fingerprint density at radius 3 is 2.69 bits per heavy atom. The van der Waals surface area contributed by atoms with E-state index in [1.54, 1.807) is 28.4 Å². The minimum absolute atomic E-state index is 0.0343. The van der Waals surface area contributed by atoms with Gasteiger partial charge in [0.2, 0.25) is 5.95 Å². The third-order valence-corrected chi connectivity index (χ3v) is 6.61. The Morgan fingerprint density at radius 1 is 1.19 bits per heavy atom. The van der Waals surface area contributed by atoms with E-state index in [1.807, 2.05) is 42.1 Å². The number of aromatic nitrogens is 4. The number of urea groups is 1. The summed E-state index contributed by atoms with van der Waals surface area (Å²) in [6, 6.07) is 9.52. The zero-order valence-electron chi connectivity index (χ0n) is 18.4. The minimum atomic E-state index is -0.311. The number of carbonyl (C=O) groups excluding carboxylic acids is 1. The van der Waals surface area contributed by atoms with Gasteiger partial charge >= 0.3 is 6.03 Å². The molecule has 5 rings (SSSR count). The molecule has 1 aromatic carbocycles. The van der Waals surface area contributed by atoms with Gasteiger partial charge in [0.05, 0.1) is 34.3 Å². The summed E-state index contributed by atoms with van der Waals surface area (Å²) in [5.74, 6) is 1.43. The zero-order valence-corrected chi connectivity index (χ0v) is 19.1. The quantitative estimate of drug-likeness (QED) is 0.604. The van der Waals surface area contributed by atoms with E-state index in [2.05, 4.69) is 29.1 Å². The molecule has 0 radical (unpaired) electrons. The summed E-state index contributed by atoms with van der Waals surface area (Å²) in [5, 5.41) is 4.15. The van der Waals surface area contributed by atoms with E-state index in [-0.39, 0.29) is 17.6 Å². The molecule has 3 aromatic rings. The SMILES string of the molecule is CC(C)[C@H]1CN(C)C(=O)N1c1ccnc(NC2(c3cn(-c4ccccc4Cl)cn3)CC2)n1. The maximum Gasteiger partial charge on any atom is 0.325 e. The van der Waals surface area contributed by atoms with E-state index < -0.39 is 0 Å². The van der Waals surface area contributed by atoms with E-state index >= 15 is 0 Å². The first-order valence-electron chi connectivity index (χ1n) is 10.8. The largest absolute Gasteiger partial charge is 0.343 e. The lowest BCUT2D eigenvalue weighted by Crippen LogP contribution is -2.38. The molecule has 32 heavy (non-hydrogen) atoms. The van der Waals surface area contributed by atoms with Gasteiger partial charge in [-0.25, -0.2) is 14.8 Å². The van der Waals surface area contributed by atoms with Crippen LogP contribution in [-0.2, 0) is 5.54 Å². The van der Waals surface area contributed by atoms with Crippen molar-refractivity contribution in [2.45, 2.75) is 38.3 Å². The lowest BCUT2D eigenvalue weighted by Gasteiger charge is -2.25. The number of para-hydroxylation sites is 1. The van der Waals surface area contributed by atoms with Crippen molar-refractivity contribution in [2.75, 3.05) is 23.8 Å². The van der Waals surface area contributed by atoms with Crippen LogP contribution in [0.1, 0.15) is 32.4 Å². The van der Waals surface area contributed by atoms with Crippen molar-refractivity contribution >= 4 is 29.4 Å². The summed E-state index contributed by atoms with van der Waals surface area (Å²) < 4.78 is 1.93. The fourth-order valence-electron chi connectivity index (χ4n) is 4.23. The van der Waals surface area contributed by atoms with Crippen molar-refractivity contribution in [3.8, 4) is 5.69 Å². The summed E-state index contributed by atoms with van der Waals surface area (Å²) in [4.78, 5) is 30.0. The fraction of sp³-hybridized carbons (Fsp3) is 0.391. The first-order chi connectivity index (χ1) is 15.4. The number of carbonyl (C=O) groups is 1. The minimum Gasteiger partial charge on any atom is -0.343 e. The van der Waals surface area contributed by atoms with Crippen molar-refractivity contribution in [2.24, 2.45) is 5.92 Å². The lowest BCUT2D eigenvalue weighted by atomic mass is 10.0. The highest BCUT2D eigenvalue weighted by atomic mass is 35.5. The van der Waals surface area contributed by atoms with Gasteiger partial charge in [0.15, 0.2) is 0 Å². The van der Waals surface area contributed by atoms with E-state index in [0.29, 0.717) is 29.3 Å². The predicted octanol–water partition coefficient (Wildman–Crippen LogP) is 4.31. The van der Waals surface area contributed by atoms with E-state index in [9.17, 15) is 4.79 Å². The molecule has 1 aliphatic heterocycles. The molecule has 0 bridgehead atoms. The molecule has 2 aliphatic rings. The molecule has 166 valence electrons. The summed E-state index contributed by atoms with van der Waals surface area (Å²) in [6.45, 7) is 4.94. The molecule has 8 nitrogen and oxygen atoms in total. The topological polar surface area (TPSA) is 79.2 Å². The highest BCUT2D eigenvalue weighted by molar-refractivity contribution is 6.32. The van der Waals surface area contributed by atoms with Gasteiger partial charge in [-0.15, -0.1) is 0 Å². The number of nitrogens with one attached hydrogen (secondary N) is 1. The van der Waals surface area contributed by atoms with Crippen molar-refractivity contribution in [3.05, 3.63) is 59.8 Å². The maximum atomic E-state index is 12.8. The molecule has 0 spiro atoms. The fourth-order valence-corrected chi connectivity index (χ4v) is 4.47. The Labute approximate surface area is 192 Å². The lowest BCUT2D eigenvalue weighted by molar-refractivity contribution is 0.229. The van der Waals surface area contributed by atoms with Crippen LogP contribution < -0.4 is 10.2 Å². The number of amides is 2. The molecular formula is C23H26ClN7O. The molecule has 9 heteroatoms. The second-order valence-corrected chi connectivity index (χ2v) is 9.31. The Hall–Kier alpha value is -3.13. The van der Waals surface area contributed by atoms with Crippen LogP contribution in [0, 0.1) is 5.92 Å². The van der Waals surface area contributed by atoms with Crippen LogP contribution >= 0.6 is 11.6 Å². The van der Waals surface area contributed by atoms with E-state index in [4.69, 9.17) is 16.6 Å². The predicted molar refractivity (Wildman–Crippen MR) is 124 cm³/mol. The van der Waals surface area contributed by atoms with Crippen molar-refractivity contribution in [1.82, 2.24) is 24.4 Å². The first kappa shape index (κ1) is 20.8. The average molecular weight is 452 g/mol. The highest BCUT2D eigenvalue weighted by Gasteiger charge is 2.47. The maximum absolute atomic E-state index is 12.8. The number of benzene rings is 1. The van der Waals surface area contributed by atoms with Crippen LogP contribution in [0.25, 0.3) is 5.69 Å². The molecule has 3 heterocycles. The Kier molecular flexibility index (Phi) is 5.04. The number of hydrogen-bond acceptors (Lipinski definition) is 5. The molecule has 1 N–H and O–H groups in total. The monoisotopic (exact) mass is 451 g/mol. The molecular weight excluding hydrogens is 426 g/mol. The summed E-state index contributed by atoms with van der Waals surface area (Å²) in [7, 11) is 1.83. The molecule has 0 unspecified atom stereocenters. The Morgan fingerprint density at radius 2 is 1.97 bits per heavy atom. The number of anilines is 2. The Bertz CT molecular complexity index is 1160. The average Bonchev–Trinajstić information content (AvgIpc) is 3.25. The van der Waals surface area contributed by atoms with Gasteiger partial charge in [0.1, 0.15) is 5.82 Å². The molecule has 1 saturated heterocycles. The number of halogens is 1. The second-order valence-electron chi connectivity index (χ2n) is 8.91. The number of rotatable bonds is 6. The van der Waals surface area contributed by atoms with Crippen LogP contribution in [0.15, 0.2) is 49.1 Å². The van der Waals surface area contributed by atoms with Gasteiger partial charge in [0.25, 0.3) is 0 Å². The van der Waals surface area contributed by atoms with Crippen LogP contribution in [0.2, 0.25) is 5.02 Å². The summed E-state index contributed by atoms with van der Waals surface area (Å²) in [6.07, 6.45) is 7.34. The molecule has 2 amide bonds. The molecule has 1 saturated carbocycles. The number of imidazole rings is 1. The van der Waals surface area contributed by atoms with Crippen LogP contribution in [-0.4, -0.2) is 50.1 Å². The normalized spacial score (nSPS) is 19.7. The zero-order chi connectivity index (χ0) is 22.5. The molecule has 2 aromatic heterocycles. The van der Waals surface area contributed by atoms with Gasteiger partial charge in [-0.1, -0.05) is 37.6 Å². The van der Waals surface area contributed by atoms with Crippen LogP contribution in [0.5, 0.6) is 0 Å². The van der Waals surface area contributed by atoms with E-state index in [1.165, 1.54) is 0 Å². The van der Waals surface area contributed by atoms with Crippen molar-refractivity contribution < 1.29 is 4.79 Å². The first-order valence-corrected chi connectivity index (χ1v) is 11.2. The van der Waals surface area contributed by atoms with Gasteiger partial charge in [-0.05, 0) is 37.0 Å². The van der Waals surface area contributed by atoms with Crippen molar-refractivity contribution in [3.63, 3.8) is 0 Å². The molecule has 2 fully saturated rings. The smallest absolute Gasteiger partial charge is 0.325 e. The number of nitrogens with zero attached hydrogens (tertiary/aromatic N) is 6. The van der Waals surface area contributed by atoms with Crippen LogP contribution in [0.4, 0.5) is 16.6 Å². The van der Waals surface area contributed by atoms with E-state index in [0.717, 1.165) is 24.2 Å². The third-order valence-electron chi connectivity index (χ3n) is 6.29. The Balaban J connectivity index is 1.40. The molecule has 1 atom stereocenters. The van der Waals surface area contributed by atoms with Crippen LogP contribution in [0.3, 0.4) is 0 Å². The number of hydrogen-bond donors (Lipinski definition) is 1. The van der Waals surface area contributed by atoms with Gasteiger partial charge in [-0.3, -0.25) is 4.90 Å².